The zero-order chi connectivity index (χ0) is 19.0. The number of benzene rings is 2. The molecule has 1 aliphatic carbocycles. The molecule has 1 unspecified atom stereocenters. The number of hydrogen-bond donors (Lipinski definition) is 1. The van der Waals surface area contributed by atoms with E-state index >= 15 is 0 Å². The predicted octanol–water partition coefficient (Wildman–Crippen LogP) is 1.90. The summed E-state index contributed by atoms with van der Waals surface area (Å²) in [6.45, 7) is -0.0473. The standard InChI is InChI=1S/C21H20N2O4/c1-22-19(24)12-27-21(26)15-10-20(25)23(11-15)16-6-7-18-14(9-16)8-13-4-2-3-5-17(13)18/h2-7,9,15H,8,10-12H2,1H3,(H,22,24). The Hall–Kier alpha value is -3.15. The number of amides is 2. The predicted molar refractivity (Wildman–Crippen MR) is 100 cm³/mol. The molecule has 2 aliphatic rings. The SMILES string of the molecule is CNC(=O)COC(=O)C1CC(=O)N(c2ccc3c(c2)Cc2ccccc2-3)C1. The number of nitrogens with zero attached hydrogens (tertiary/aromatic N) is 1. The van der Waals surface area contributed by atoms with Gasteiger partial charge in [0.1, 0.15) is 0 Å². The average molecular weight is 364 g/mol. The van der Waals surface area contributed by atoms with Crippen molar-refractivity contribution in [3.63, 3.8) is 0 Å². The van der Waals surface area contributed by atoms with Crippen LogP contribution in [-0.4, -0.2) is 38.0 Å². The fraction of sp³-hybridized carbons (Fsp3) is 0.286. The van der Waals surface area contributed by atoms with Gasteiger partial charge in [0.05, 0.1) is 5.92 Å². The Morgan fingerprint density at radius 3 is 2.74 bits per heavy atom. The zero-order valence-corrected chi connectivity index (χ0v) is 15.0. The first-order chi connectivity index (χ1) is 13.1. The van der Waals surface area contributed by atoms with Crippen molar-refractivity contribution < 1.29 is 19.1 Å². The average Bonchev–Trinajstić information content (AvgIpc) is 3.25. The molecule has 1 fully saturated rings. The van der Waals surface area contributed by atoms with Crippen LogP contribution in [0.2, 0.25) is 0 Å². The summed E-state index contributed by atoms with van der Waals surface area (Å²) in [6, 6.07) is 14.3. The first-order valence-corrected chi connectivity index (χ1v) is 8.95. The molecule has 1 atom stereocenters. The van der Waals surface area contributed by atoms with Gasteiger partial charge in [-0.05, 0) is 40.8 Å². The van der Waals surface area contributed by atoms with E-state index in [-0.39, 0.29) is 31.4 Å². The number of rotatable bonds is 4. The van der Waals surface area contributed by atoms with Crippen molar-refractivity contribution in [1.82, 2.24) is 5.32 Å². The molecule has 4 rings (SSSR count). The monoisotopic (exact) mass is 364 g/mol. The molecule has 6 nitrogen and oxygen atoms in total. The molecular weight excluding hydrogens is 344 g/mol. The Labute approximate surface area is 157 Å². The van der Waals surface area contributed by atoms with Gasteiger partial charge in [-0.25, -0.2) is 0 Å². The highest BCUT2D eigenvalue weighted by Gasteiger charge is 2.36. The normalized spacial score (nSPS) is 17.4. The fourth-order valence-electron chi connectivity index (χ4n) is 3.74. The van der Waals surface area contributed by atoms with Crippen LogP contribution in [-0.2, 0) is 25.5 Å². The summed E-state index contributed by atoms with van der Waals surface area (Å²) in [4.78, 5) is 37.4. The second-order valence-electron chi connectivity index (χ2n) is 6.86. The summed E-state index contributed by atoms with van der Waals surface area (Å²) in [5.74, 6) is -1.54. The van der Waals surface area contributed by atoms with Crippen LogP contribution >= 0.6 is 0 Å². The lowest BCUT2D eigenvalue weighted by Crippen LogP contribution is -2.29. The lowest BCUT2D eigenvalue weighted by molar-refractivity contribution is -0.152. The second-order valence-corrected chi connectivity index (χ2v) is 6.86. The van der Waals surface area contributed by atoms with Crippen LogP contribution in [0.3, 0.4) is 0 Å². The van der Waals surface area contributed by atoms with Crippen molar-refractivity contribution >= 4 is 23.5 Å². The fourth-order valence-corrected chi connectivity index (χ4v) is 3.74. The van der Waals surface area contributed by atoms with Crippen molar-refractivity contribution in [3.05, 3.63) is 53.6 Å². The molecule has 1 aliphatic heterocycles. The highest BCUT2D eigenvalue weighted by molar-refractivity contribution is 6.00. The van der Waals surface area contributed by atoms with Crippen molar-refractivity contribution in [2.24, 2.45) is 5.92 Å². The van der Waals surface area contributed by atoms with Crippen LogP contribution < -0.4 is 10.2 Å². The maximum Gasteiger partial charge on any atom is 0.311 e. The molecule has 2 aromatic carbocycles. The van der Waals surface area contributed by atoms with Crippen molar-refractivity contribution in [3.8, 4) is 11.1 Å². The summed E-state index contributed by atoms with van der Waals surface area (Å²) in [6.07, 6.45) is 0.947. The van der Waals surface area contributed by atoms with Crippen molar-refractivity contribution in [1.29, 1.82) is 0 Å². The molecule has 0 spiro atoms. The van der Waals surface area contributed by atoms with Crippen LogP contribution in [0, 0.1) is 5.92 Å². The number of fused-ring (bicyclic) bond motifs is 3. The van der Waals surface area contributed by atoms with Crippen LogP contribution in [0.5, 0.6) is 0 Å². The van der Waals surface area contributed by atoms with Crippen molar-refractivity contribution in [2.75, 3.05) is 25.1 Å². The van der Waals surface area contributed by atoms with E-state index < -0.39 is 11.9 Å². The van der Waals surface area contributed by atoms with E-state index in [1.807, 2.05) is 30.3 Å². The molecule has 0 saturated carbocycles. The number of carbonyl (C=O) groups is 3. The van der Waals surface area contributed by atoms with Gasteiger partial charge in [-0.15, -0.1) is 0 Å². The Kier molecular flexibility index (Phi) is 4.39. The van der Waals surface area contributed by atoms with Gasteiger partial charge in [-0.3, -0.25) is 14.4 Å². The molecule has 27 heavy (non-hydrogen) atoms. The number of nitrogens with one attached hydrogen (secondary N) is 1. The first-order valence-electron chi connectivity index (χ1n) is 8.95. The van der Waals surface area contributed by atoms with Crippen LogP contribution in [0.1, 0.15) is 17.5 Å². The molecule has 0 bridgehead atoms. The number of likely N-dealkylation sites (N-methyl/N-ethyl adjacent to an activating group) is 1. The maximum absolute atomic E-state index is 12.4. The molecule has 0 aromatic heterocycles. The van der Waals surface area contributed by atoms with Gasteiger partial charge in [0, 0.05) is 25.7 Å². The highest BCUT2D eigenvalue weighted by atomic mass is 16.5. The number of carbonyl (C=O) groups excluding carboxylic acids is 3. The summed E-state index contributed by atoms with van der Waals surface area (Å²) in [5.41, 5.74) is 5.71. The van der Waals surface area contributed by atoms with Gasteiger partial charge in [-0.2, -0.15) is 0 Å². The van der Waals surface area contributed by atoms with Crippen LogP contribution in [0.15, 0.2) is 42.5 Å². The Balaban J connectivity index is 1.48. The molecule has 0 radical (unpaired) electrons. The summed E-state index contributed by atoms with van der Waals surface area (Å²) < 4.78 is 5.00. The van der Waals surface area contributed by atoms with Gasteiger partial charge in [0.15, 0.2) is 6.61 Å². The maximum atomic E-state index is 12.4. The zero-order valence-electron chi connectivity index (χ0n) is 15.0. The minimum absolute atomic E-state index is 0.101. The first kappa shape index (κ1) is 17.3. The molecule has 1 N–H and O–H groups in total. The van der Waals surface area contributed by atoms with Gasteiger partial charge in [0.2, 0.25) is 5.91 Å². The van der Waals surface area contributed by atoms with Gasteiger partial charge in [-0.1, -0.05) is 30.3 Å². The second kappa shape index (κ2) is 6.87. The molecule has 2 aromatic rings. The van der Waals surface area contributed by atoms with E-state index in [1.54, 1.807) is 4.90 Å². The number of esters is 1. The van der Waals surface area contributed by atoms with E-state index in [2.05, 4.69) is 17.4 Å². The largest absolute Gasteiger partial charge is 0.455 e. The molecule has 6 heteroatoms. The van der Waals surface area contributed by atoms with Crippen LogP contribution in [0.4, 0.5) is 5.69 Å². The van der Waals surface area contributed by atoms with Gasteiger partial charge in [0.25, 0.3) is 5.91 Å². The summed E-state index contributed by atoms with van der Waals surface area (Å²) in [5, 5.41) is 2.39. The van der Waals surface area contributed by atoms with E-state index in [0.29, 0.717) is 0 Å². The van der Waals surface area contributed by atoms with E-state index in [9.17, 15) is 14.4 Å². The van der Waals surface area contributed by atoms with Crippen LogP contribution in [0.25, 0.3) is 11.1 Å². The summed E-state index contributed by atoms with van der Waals surface area (Å²) >= 11 is 0. The Bertz CT molecular complexity index is 938. The van der Waals surface area contributed by atoms with E-state index in [1.165, 1.54) is 29.3 Å². The smallest absolute Gasteiger partial charge is 0.311 e. The third-order valence-corrected chi connectivity index (χ3v) is 5.17. The summed E-state index contributed by atoms with van der Waals surface area (Å²) in [7, 11) is 1.48. The van der Waals surface area contributed by atoms with Gasteiger partial charge >= 0.3 is 5.97 Å². The third kappa shape index (κ3) is 3.18. The van der Waals surface area contributed by atoms with E-state index in [0.717, 1.165) is 12.1 Å². The molecule has 1 saturated heterocycles. The van der Waals surface area contributed by atoms with Crippen molar-refractivity contribution in [2.45, 2.75) is 12.8 Å². The topological polar surface area (TPSA) is 75.7 Å². The number of ether oxygens (including phenoxy) is 1. The van der Waals surface area contributed by atoms with E-state index in [4.69, 9.17) is 4.74 Å². The molecule has 1 heterocycles. The van der Waals surface area contributed by atoms with Gasteiger partial charge < -0.3 is 15.0 Å². The third-order valence-electron chi connectivity index (χ3n) is 5.17. The quantitative estimate of drug-likeness (QED) is 0.718. The molecule has 138 valence electrons. The minimum Gasteiger partial charge on any atom is -0.455 e. The minimum atomic E-state index is -0.549. The lowest BCUT2D eigenvalue weighted by atomic mass is 10.1. The Morgan fingerprint density at radius 2 is 1.93 bits per heavy atom. The lowest BCUT2D eigenvalue weighted by Gasteiger charge is -2.17. The number of anilines is 1. The highest BCUT2D eigenvalue weighted by Crippen LogP contribution is 2.39. The molecular formula is C21H20N2O4. The Morgan fingerprint density at radius 1 is 1.15 bits per heavy atom. The number of hydrogen-bond acceptors (Lipinski definition) is 4. The molecule has 2 amide bonds.